The first kappa shape index (κ1) is 14.9. The van der Waals surface area contributed by atoms with Crippen LogP contribution in [0.5, 0.6) is 0 Å². The minimum Gasteiger partial charge on any atom is -0.392 e. The first-order chi connectivity index (χ1) is 10.8. The molecular weight excluding hydrogens is 272 g/mol. The van der Waals surface area contributed by atoms with Gasteiger partial charge >= 0.3 is 0 Å². The second-order valence-electron chi connectivity index (χ2n) is 5.98. The zero-order chi connectivity index (χ0) is 15.4. The molecule has 1 heterocycles. The molecule has 2 aromatic rings. The molecule has 2 N–H and O–H groups in total. The highest BCUT2D eigenvalue weighted by molar-refractivity contribution is 5.70. The lowest BCUT2D eigenvalue weighted by Crippen LogP contribution is -2.20. The number of para-hydroxylation sites is 2. The molecule has 3 rings (SSSR count). The molecule has 1 aliphatic heterocycles. The maximum Gasteiger partial charge on any atom is 0.0681 e. The number of anilines is 2. The number of aliphatic hydroxyl groups is 1. The van der Waals surface area contributed by atoms with E-state index in [2.05, 4.69) is 53.5 Å². The van der Waals surface area contributed by atoms with Gasteiger partial charge in [0.15, 0.2) is 0 Å². The second-order valence-corrected chi connectivity index (χ2v) is 5.98. The van der Waals surface area contributed by atoms with Gasteiger partial charge in [0.05, 0.1) is 18.0 Å². The van der Waals surface area contributed by atoms with Crippen molar-refractivity contribution in [2.45, 2.75) is 32.4 Å². The van der Waals surface area contributed by atoms with Gasteiger partial charge in [-0.1, -0.05) is 36.4 Å². The SMILES string of the molecule is CC(Nc1ccccc1N1CCCC1)c1cccc(CO)c1. The van der Waals surface area contributed by atoms with Gasteiger partial charge in [-0.05, 0) is 43.0 Å². The van der Waals surface area contributed by atoms with Crippen LogP contribution in [0.1, 0.15) is 36.9 Å². The van der Waals surface area contributed by atoms with Crippen LogP contribution in [0.25, 0.3) is 0 Å². The van der Waals surface area contributed by atoms with Crippen LogP contribution in [0.15, 0.2) is 48.5 Å². The third-order valence-electron chi connectivity index (χ3n) is 4.36. The summed E-state index contributed by atoms with van der Waals surface area (Å²) in [5.74, 6) is 0. The average molecular weight is 296 g/mol. The maximum absolute atomic E-state index is 9.29. The zero-order valence-corrected chi connectivity index (χ0v) is 13.1. The van der Waals surface area contributed by atoms with Crippen LogP contribution in [-0.4, -0.2) is 18.2 Å². The van der Waals surface area contributed by atoms with E-state index in [4.69, 9.17) is 0 Å². The fourth-order valence-electron chi connectivity index (χ4n) is 3.11. The highest BCUT2D eigenvalue weighted by Crippen LogP contribution is 2.31. The average Bonchev–Trinajstić information content (AvgIpc) is 3.09. The van der Waals surface area contributed by atoms with Crippen molar-refractivity contribution in [3.8, 4) is 0 Å². The van der Waals surface area contributed by atoms with Crippen molar-refractivity contribution in [1.82, 2.24) is 0 Å². The van der Waals surface area contributed by atoms with Crippen molar-refractivity contribution in [3.63, 3.8) is 0 Å². The third-order valence-corrected chi connectivity index (χ3v) is 4.36. The van der Waals surface area contributed by atoms with Crippen molar-refractivity contribution in [2.75, 3.05) is 23.3 Å². The molecule has 1 fully saturated rings. The fourth-order valence-corrected chi connectivity index (χ4v) is 3.11. The Morgan fingerprint density at radius 1 is 1.09 bits per heavy atom. The normalized spacial score (nSPS) is 15.8. The summed E-state index contributed by atoms with van der Waals surface area (Å²) in [5, 5.41) is 12.9. The Kier molecular flexibility index (Phi) is 4.64. The van der Waals surface area contributed by atoms with Gasteiger partial charge in [-0.15, -0.1) is 0 Å². The molecule has 3 heteroatoms. The first-order valence-corrected chi connectivity index (χ1v) is 8.08. The Labute approximate surface area is 132 Å². The number of nitrogens with zero attached hydrogens (tertiary/aromatic N) is 1. The van der Waals surface area contributed by atoms with E-state index < -0.39 is 0 Å². The number of aliphatic hydroxyl groups excluding tert-OH is 1. The van der Waals surface area contributed by atoms with E-state index >= 15 is 0 Å². The van der Waals surface area contributed by atoms with E-state index in [1.54, 1.807) is 0 Å². The molecule has 1 atom stereocenters. The zero-order valence-electron chi connectivity index (χ0n) is 13.1. The standard InChI is InChI=1S/C19H24N2O/c1-15(17-8-6-7-16(13-17)14-22)20-18-9-2-3-10-19(18)21-11-4-5-12-21/h2-3,6-10,13,15,20,22H,4-5,11-12,14H2,1H3. The van der Waals surface area contributed by atoms with Gasteiger partial charge in [-0.25, -0.2) is 0 Å². The van der Waals surface area contributed by atoms with Crippen molar-refractivity contribution in [3.05, 3.63) is 59.7 Å². The Hall–Kier alpha value is -2.00. The predicted molar refractivity (Wildman–Crippen MR) is 92.3 cm³/mol. The maximum atomic E-state index is 9.29. The van der Waals surface area contributed by atoms with Crippen LogP contribution in [0.3, 0.4) is 0 Å². The fraction of sp³-hybridized carbons (Fsp3) is 0.368. The minimum atomic E-state index is 0.0882. The highest BCUT2D eigenvalue weighted by atomic mass is 16.3. The van der Waals surface area contributed by atoms with Crippen molar-refractivity contribution in [2.24, 2.45) is 0 Å². The molecule has 0 saturated carbocycles. The Morgan fingerprint density at radius 3 is 2.64 bits per heavy atom. The van der Waals surface area contributed by atoms with Gasteiger partial charge in [-0.2, -0.15) is 0 Å². The van der Waals surface area contributed by atoms with Crippen LogP contribution in [0.2, 0.25) is 0 Å². The molecule has 22 heavy (non-hydrogen) atoms. The summed E-state index contributed by atoms with van der Waals surface area (Å²) in [6, 6.07) is 16.9. The molecule has 3 nitrogen and oxygen atoms in total. The molecule has 0 spiro atoms. The molecule has 0 amide bonds. The van der Waals surface area contributed by atoms with Crippen molar-refractivity contribution in [1.29, 1.82) is 0 Å². The highest BCUT2D eigenvalue weighted by Gasteiger charge is 2.16. The number of rotatable bonds is 5. The first-order valence-electron chi connectivity index (χ1n) is 8.08. The number of nitrogens with one attached hydrogen (secondary N) is 1. The molecule has 0 radical (unpaired) electrons. The van der Waals surface area contributed by atoms with E-state index in [-0.39, 0.29) is 12.6 Å². The summed E-state index contributed by atoms with van der Waals surface area (Å²) in [6.45, 7) is 4.54. The van der Waals surface area contributed by atoms with Gasteiger partial charge in [0.25, 0.3) is 0 Å². The quantitative estimate of drug-likeness (QED) is 0.877. The van der Waals surface area contributed by atoms with Crippen LogP contribution >= 0.6 is 0 Å². The van der Waals surface area contributed by atoms with Gasteiger partial charge in [0.1, 0.15) is 0 Å². The van der Waals surface area contributed by atoms with Gasteiger partial charge < -0.3 is 15.3 Å². The summed E-state index contributed by atoms with van der Waals surface area (Å²) >= 11 is 0. The summed E-state index contributed by atoms with van der Waals surface area (Å²) in [6.07, 6.45) is 2.56. The van der Waals surface area contributed by atoms with Gasteiger partial charge in [-0.3, -0.25) is 0 Å². The molecule has 1 aliphatic rings. The molecule has 2 aromatic carbocycles. The van der Waals surface area contributed by atoms with Crippen LogP contribution < -0.4 is 10.2 Å². The monoisotopic (exact) mass is 296 g/mol. The lowest BCUT2D eigenvalue weighted by Gasteiger charge is -2.24. The van der Waals surface area contributed by atoms with Crippen LogP contribution in [-0.2, 0) is 6.61 Å². The molecule has 0 aromatic heterocycles. The topological polar surface area (TPSA) is 35.5 Å². The molecule has 1 saturated heterocycles. The summed E-state index contributed by atoms with van der Waals surface area (Å²) in [4.78, 5) is 2.46. The second kappa shape index (κ2) is 6.84. The molecule has 116 valence electrons. The Morgan fingerprint density at radius 2 is 1.86 bits per heavy atom. The Balaban J connectivity index is 1.80. The van der Waals surface area contributed by atoms with Crippen LogP contribution in [0, 0.1) is 0 Å². The number of hydrogen-bond donors (Lipinski definition) is 2. The molecule has 0 aliphatic carbocycles. The smallest absolute Gasteiger partial charge is 0.0681 e. The Bertz CT molecular complexity index is 620. The molecule has 0 bridgehead atoms. The van der Waals surface area contributed by atoms with Gasteiger partial charge in [0.2, 0.25) is 0 Å². The van der Waals surface area contributed by atoms with E-state index in [1.807, 2.05) is 12.1 Å². The number of hydrogen-bond acceptors (Lipinski definition) is 3. The van der Waals surface area contributed by atoms with Crippen molar-refractivity contribution < 1.29 is 5.11 Å². The summed E-state index contributed by atoms with van der Waals surface area (Å²) < 4.78 is 0. The van der Waals surface area contributed by atoms with Crippen molar-refractivity contribution >= 4 is 11.4 Å². The summed E-state index contributed by atoms with van der Waals surface area (Å²) in [7, 11) is 0. The largest absolute Gasteiger partial charge is 0.392 e. The molecular formula is C19H24N2O. The summed E-state index contributed by atoms with van der Waals surface area (Å²) in [5.41, 5.74) is 4.64. The minimum absolute atomic E-state index is 0.0882. The third kappa shape index (κ3) is 3.25. The molecule has 1 unspecified atom stereocenters. The van der Waals surface area contributed by atoms with Gasteiger partial charge in [0, 0.05) is 19.1 Å². The van der Waals surface area contributed by atoms with Crippen LogP contribution in [0.4, 0.5) is 11.4 Å². The predicted octanol–water partition coefficient (Wildman–Crippen LogP) is 3.95. The lowest BCUT2D eigenvalue weighted by atomic mass is 10.0. The lowest BCUT2D eigenvalue weighted by molar-refractivity contribution is 0.281. The van der Waals surface area contributed by atoms with E-state index in [1.165, 1.54) is 29.8 Å². The van der Waals surface area contributed by atoms with E-state index in [9.17, 15) is 5.11 Å². The van der Waals surface area contributed by atoms with E-state index in [0.717, 1.165) is 18.7 Å². The van der Waals surface area contributed by atoms with E-state index in [0.29, 0.717) is 0 Å². The number of benzene rings is 2.